The van der Waals surface area contributed by atoms with Crippen LogP contribution in [0.15, 0.2) is 0 Å². The molecule has 0 unspecified atom stereocenters. The van der Waals surface area contributed by atoms with Gasteiger partial charge in [-0.25, -0.2) is 13.8 Å². The molecular formula is C7H9F4N3OS. The fourth-order valence-corrected chi connectivity index (χ4v) is 1.28. The quantitative estimate of drug-likeness (QED) is 0.794. The lowest BCUT2D eigenvalue weighted by Gasteiger charge is -2.14. The van der Waals surface area contributed by atoms with Crippen LogP contribution in [0.25, 0.3) is 0 Å². The van der Waals surface area contributed by atoms with Crippen LogP contribution in [0.2, 0.25) is 0 Å². The van der Waals surface area contributed by atoms with Crippen LogP contribution in [-0.4, -0.2) is 35.4 Å². The summed E-state index contributed by atoms with van der Waals surface area (Å²) in [4.78, 5) is 3.83. The van der Waals surface area contributed by atoms with E-state index in [1.807, 2.05) is 0 Å². The van der Waals surface area contributed by atoms with Gasteiger partial charge in [0.15, 0.2) is 5.82 Å². The lowest BCUT2D eigenvalue weighted by atomic mass is 10.4. The smallest absolute Gasteiger partial charge is 0.330 e. The molecule has 1 aromatic heterocycles. The van der Waals surface area contributed by atoms with E-state index in [4.69, 9.17) is 0 Å². The molecule has 0 fully saturated rings. The van der Waals surface area contributed by atoms with Crippen LogP contribution in [0.3, 0.4) is 0 Å². The van der Waals surface area contributed by atoms with Gasteiger partial charge in [0.2, 0.25) is 5.13 Å². The first kappa shape index (κ1) is 13.1. The van der Waals surface area contributed by atoms with Gasteiger partial charge >= 0.3 is 12.3 Å². The Morgan fingerprint density at radius 2 is 2.19 bits per heavy atom. The lowest BCUT2D eigenvalue weighted by Crippen LogP contribution is -2.32. The summed E-state index contributed by atoms with van der Waals surface area (Å²) in [6, 6.07) is 0. The van der Waals surface area contributed by atoms with E-state index in [0.29, 0.717) is 5.13 Å². The molecule has 1 rings (SSSR count). The number of hydrogen-bond acceptors (Lipinski definition) is 5. The zero-order chi connectivity index (χ0) is 12.2. The van der Waals surface area contributed by atoms with E-state index in [1.165, 1.54) is 0 Å². The highest BCUT2D eigenvalue weighted by Crippen LogP contribution is 2.23. The van der Waals surface area contributed by atoms with E-state index in [2.05, 4.69) is 19.4 Å². The van der Waals surface area contributed by atoms with Crippen LogP contribution < -0.4 is 5.32 Å². The van der Waals surface area contributed by atoms with Crippen LogP contribution in [0.4, 0.5) is 22.7 Å². The molecule has 0 aliphatic rings. The molecule has 92 valence electrons. The Bertz CT molecular complexity index is 333. The monoisotopic (exact) mass is 259 g/mol. The zero-order valence-electron chi connectivity index (χ0n) is 8.21. The number of anilines is 1. The highest BCUT2D eigenvalue weighted by atomic mass is 32.1. The Morgan fingerprint density at radius 3 is 2.69 bits per heavy atom. The molecule has 1 aromatic rings. The average molecular weight is 259 g/mol. The summed E-state index contributed by atoms with van der Waals surface area (Å²) in [6.07, 6.45) is -3.73. The van der Waals surface area contributed by atoms with Gasteiger partial charge in [-0.05, 0) is 0 Å². The van der Waals surface area contributed by atoms with Crippen molar-refractivity contribution in [3.63, 3.8) is 0 Å². The minimum atomic E-state index is -4.14. The van der Waals surface area contributed by atoms with Gasteiger partial charge in [-0.15, -0.1) is 0 Å². The third-order valence-electron chi connectivity index (χ3n) is 1.53. The number of alkyl halides is 4. The summed E-state index contributed by atoms with van der Waals surface area (Å²) in [6.45, 7) is -1.67. The molecule has 0 aromatic carbocycles. The van der Waals surface area contributed by atoms with E-state index in [1.54, 1.807) is 7.05 Å². The van der Waals surface area contributed by atoms with Crippen molar-refractivity contribution in [3.05, 3.63) is 5.82 Å². The third kappa shape index (κ3) is 3.56. The first-order chi connectivity index (χ1) is 7.45. The minimum absolute atomic E-state index is 0.180. The van der Waals surface area contributed by atoms with E-state index < -0.39 is 19.0 Å². The Labute approximate surface area is 92.8 Å². The maximum atomic E-state index is 12.4. The highest BCUT2D eigenvalue weighted by Gasteiger charge is 2.41. The van der Waals surface area contributed by atoms with Gasteiger partial charge in [0.05, 0.1) is 0 Å². The van der Waals surface area contributed by atoms with Crippen molar-refractivity contribution in [2.45, 2.75) is 19.0 Å². The van der Waals surface area contributed by atoms with Gasteiger partial charge < -0.3 is 10.1 Å². The van der Waals surface area contributed by atoms with Crippen molar-refractivity contribution in [2.75, 3.05) is 19.0 Å². The number of nitrogens with zero attached hydrogens (tertiary/aromatic N) is 2. The van der Waals surface area contributed by atoms with Crippen molar-refractivity contribution in [1.82, 2.24) is 9.36 Å². The summed E-state index contributed by atoms with van der Waals surface area (Å²) in [5.74, 6) is -3.96. The van der Waals surface area contributed by atoms with Crippen LogP contribution in [0.5, 0.6) is 0 Å². The molecule has 0 aliphatic carbocycles. The van der Waals surface area contributed by atoms with Gasteiger partial charge in [-0.2, -0.15) is 13.2 Å². The molecule has 0 saturated heterocycles. The fraction of sp³-hybridized carbons (Fsp3) is 0.714. The Kier molecular flexibility index (Phi) is 4.42. The SMILES string of the molecule is CNc1nc(COCC(F)(F)C(F)F)ns1. The van der Waals surface area contributed by atoms with E-state index in [9.17, 15) is 17.6 Å². The molecule has 0 spiro atoms. The van der Waals surface area contributed by atoms with Gasteiger partial charge in [0.1, 0.15) is 13.2 Å². The van der Waals surface area contributed by atoms with E-state index in [0.717, 1.165) is 11.5 Å². The Hall–Kier alpha value is -0.960. The summed E-state index contributed by atoms with van der Waals surface area (Å²) < 4.78 is 56.4. The number of nitrogens with one attached hydrogen (secondary N) is 1. The second-order valence-electron chi connectivity index (χ2n) is 2.82. The van der Waals surface area contributed by atoms with Gasteiger partial charge in [0.25, 0.3) is 0 Å². The largest absolute Gasteiger partial charge is 0.367 e. The van der Waals surface area contributed by atoms with E-state index >= 15 is 0 Å². The summed E-state index contributed by atoms with van der Waals surface area (Å²) in [5, 5.41) is 3.19. The number of halogens is 4. The minimum Gasteiger partial charge on any atom is -0.367 e. The standard InChI is InChI=1S/C7H9F4N3OS/c1-12-6-13-4(14-16-6)2-15-3-7(10,11)5(8)9/h5H,2-3H2,1H3,(H,12,13,14). The van der Waals surface area contributed by atoms with Gasteiger partial charge in [-0.1, -0.05) is 0 Å². The summed E-state index contributed by atoms with van der Waals surface area (Å²) in [5.41, 5.74) is 0. The fourth-order valence-electron chi connectivity index (χ4n) is 0.756. The maximum Gasteiger partial charge on any atom is 0.330 e. The Morgan fingerprint density at radius 1 is 1.50 bits per heavy atom. The third-order valence-corrected chi connectivity index (χ3v) is 2.30. The molecule has 9 heteroatoms. The molecule has 0 atom stereocenters. The molecule has 4 nitrogen and oxygen atoms in total. The van der Waals surface area contributed by atoms with Crippen molar-refractivity contribution >= 4 is 16.7 Å². The topological polar surface area (TPSA) is 47.0 Å². The number of rotatable bonds is 6. The summed E-state index contributed by atoms with van der Waals surface area (Å²) >= 11 is 1.03. The average Bonchev–Trinajstić information content (AvgIpc) is 2.65. The number of ether oxygens (including phenoxy) is 1. The predicted octanol–water partition coefficient (Wildman–Crippen LogP) is 2.00. The molecule has 1 N–H and O–H groups in total. The maximum absolute atomic E-state index is 12.4. The zero-order valence-corrected chi connectivity index (χ0v) is 9.03. The molecule has 0 aliphatic heterocycles. The van der Waals surface area contributed by atoms with Gasteiger partial charge in [0, 0.05) is 18.6 Å². The molecule has 0 bridgehead atoms. The molecule has 1 heterocycles. The Balaban J connectivity index is 2.35. The molecule has 0 saturated carbocycles. The number of hydrogen-bond donors (Lipinski definition) is 1. The normalized spacial score (nSPS) is 12.1. The van der Waals surface area contributed by atoms with Gasteiger partial charge in [-0.3, -0.25) is 0 Å². The van der Waals surface area contributed by atoms with Crippen molar-refractivity contribution < 1.29 is 22.3 Å². The van der Waals surface area contributed by atoms with Crippen LogP contribution in [-0.2, 0) is 11.3 Å². The molecule has 0 amide bonds. The lowest BCUT2D eigenvalue weighted by molar-refractivity contribution is -0.168. The van der Waals surface area contributed by atoms with Crippen molar-refractivity contribution in [2.24, 2.45) is 0 Å². The molecular weight excluding hydrogens is 250 g/mol. The van der Waals surface area contributed by atoms with Crippen LogP contribution in [0.1, 0.15) is 5.82 Å². The highest BCUT2D eigenvalue weighted by molar-refractivity contribution is 7.09. The van der Waals surface area contributed by atoms with Crippen molar-refractivity contribution in [3.8, 4) is 0 Å². The van der Waals surface area contributed by atoms with Crippen molar-refractivity contribution in [1.29, 1.82) is 0 Å². The predicted molar refractivity (Wildman–Crippen MR) is 50.1 cm³/mol. The summed E-state index contributed by atoms with van der Waals surface area (Å²) in [7, 11) is 1.62. The second kappa shape index (κ2) is 5.39. The van der Waals surface area contributed by atoms with E-state index in [-0.39, 0.29) is 12.4 Å². The molecule has 16 heavy (non-hydrogen) atoms. The number of aromatic nitrogens is 2. The molecule has 0 radical (unpaired) electrons. The second-order valence-corrected chi connectivity index (χ2v) is 3.57. The first-order valence-electron chi connectivity index (χ1n) is 4.20. The van der Waals surface area contributed by atoms with Crippen LogP contribution >= 0.6 is 11.5 Å². The van der Waals surface area contributed by atoms with Crippen LogP contribution in [0, 0.1) is 0 Å². The first-order valence-corrected chi connectivity index (χ1v) is 4.97.